The molecule has 0 atom stereocenters. The first kappa shape index (κ1) is 12.8. The van der Waals surface area contributed by atoms with Gasteiger partial charge in [-0.15, -0.1) is 0 Å². The van der Waals surface area contributed by atoms with Crippen molar-refractivity contribution in [3.8, 4) is 0 Å². The van der Waals surface area contributed by atoms with Crippen LogP contribution in [0.3, 0.4) is 0 Å². The van der Waals surface area contributed by atoms with Crippen molar-refractivity contribution in [2.45, 2.75) is 37.5 Å². The zero-order chi connectivity index (χ0) is 12.5. The smallest absolute Gasteiger partial charge is 0.177 e. The summed E-state index contributed by atoms with van der Waals surface area (Å²) in [4.78, 5) is 0. The Balaban J connectivity index is 2.43. The molecule has 1 fully saturated rings. The minimum Gasteiger partial charge on any atom is -0.330 e. The summed E-state index contributed by atoms with van der Waals surface area (Å²) in [7, 11) is 0. The molecule has 17 heavy (non-hydrogen) atoms. The number of benzene rings is 1. The third-order valence-electron chi connectivity index (χ3n) is 3.80. The van der Waals surface area contributed by atoms with E-state index in [0.717, 1.165) is 31.2 Å². The van der Waals surface area contributed by atoms with Gasteiger partial charge >= 0.3 is 0 Å². The molecule has 1 aliphatic rings. The third kappa shape index (κ3) is 2.31. The summed E-state index contributed by atoms with van der Waals surface area (Å²) < 4.78 is 26.6. The van der Waals surface area contributed by atoms with Crippen LogP contribution in [0.15, 0.2) is 12.1 Å². The summed E-state index contributed by atoms with van der Waals surface area (Å²) in [6, 6.07) is 2.78. The highest BCUT2D eigenvalue weighted by atomic mass is 35.5. The van der Waals surface area contributed by atoms with Crippen LogP contribution in [0.25, 0.3) is 0 Å². The van der Waals surface area contributed by atoms with Gasteiger partial charge in [0.1, 0.15) is 0 Å². The van der Waals surface area contributed by atoms with Gasteiger partial charge < -0.3 is 5.73 Å². The van der Waals surface area contributed by atoms with E-state index in [0.29, 0.717) is 6.54 Å². The van der Waals surface area contributed by atoms with Crippen molar-refractivity contribution in [1.29, 1.82) is 0 Å². The predicted octanol–water partition coefficient (Wildman–Crippen LogP) is 3.78. The third-order valence-corrected chi connectivity index (χ3v) is 4.07. The summed E-state index contributed by atoms with van der Waals surface area (Å²) in [6.45, 7) is 0.453. The highest BCUT2D eigenvalue weighted by molar-refractivity contribution is 6.30. The van der Waals surface area contributed by atoms with Gasteiger partial charge in [0.15, 0.2) is 11.6 Å². The van der Waals surface area contributed by atoms with Gasteiger partial charge in [0.05, 0.1) is 5.02 Å². The quantitative estimate of drug-likeness (QED) is 0.804. The van der Waals surface area contributed by atoms with E-state index in [1.54, 1.807) is 0 Å². The molecule has 0 radical (unpaired) electrons. The Labute approximate surface area is 105 Å². The van der Waals surface area contributed by atoms with Crippen molar-refractivity contribution in [2.24, 2.45) is 5.73 Å². The molecule has 0 aliphatic heterocycles. The van der Waals surface area contributed by atoms with Gasteiger partial charge in [-0.25, -0.2) is 8.78 Å². The van der Waals surface area contributed by atoms with E-state index in [9.17, 15) is 8.78 Å². The molecule has 0 bridgehead atoms. The normalized spacial score (nSPS) is 19.3. The van der Waals surface area contributed by atoms with Crippen molar-refractivity contribution in [1.82, 2.24) is 0 Å². The molecule has 94 valence electrons. The number of hydrogen-bond acceptors (Lipinski definition) is 1. The van der Waals surface area contributed by atoms with Gasteiger partial charge in [0.2, 0.25) is 0 Å². The van der Waals surface area contributed by atoms with E-state index in [-0.39, 0.29) is 10.4 Å². The fourth-order valence-corrected chi connectivity index (χ4v) is 2.91. The molecule has 1 nitrogen and oxygen atoms in total. The van der Waals surface area contributed by atoms with Crippen LogP contribution in [-0.2, 0) is 5.41 Å². The van der Waals surface area contributed by atoms with Crippen LogP contribution in [0.1, 0.15) is 37.7 Å². The molecule has 0 unspecified atom stereocenters. The SMILES string of the molecule is NCC1(c2cc(F)c(F)c(Cl)c2)CCCCC1. The maximum Gasteiger partial charge on any atom is 0.177 e. The molecule has 1 aromatic rings. The minimum atomic E-state index is -0.974. The van der Waals surface area contributed by atoms with E-state index in [4.69, 9.17) is 17.3 Å². The summed E-state index contributed by atoms with van der Waals surface area (Å²) in [6.07, 6.45) is 5.18. The Morgan fingerprint density at radius 3 is 2.35 bits per heavy atom. The topological polar surface area (TPSA) is 26.0 Å². The number of nitrogens with two attached hydrogens (primary N) is 1. The van der Waals surface area contributed by atoms with Crippen LogP contribution in [-0.4, -0.2) is 6.54 Å². The van der Waals surface area contributed by atoms with Crippen LogP contribution in [0, 0.1) is 11.6 Å². The Hall–Kier alpha value is -0.670. The van der Waals surface area contributed by atoms with Gasteiger partial charge in [0, 0.05) is 12.0 Å². The monoisotopic (exact) mass is 259 g/mol. The predicted molar refractivity (Wildman–Crippen MR) is 65.2 cm³/mol. The Morgan fingerprint density at radius 2 is 1.82 bits per heavy atom. The lowest BCUT2D eigenvalue weighted by atomic mass is 9.69. The average molecular weight is 260 g/mol. The van der Waals surface area contributed by atoms with Crippen molar-refractivity contribution in [3.05, 3.63) is 34.4 Å². The maximum atomic E-state index is 13.4. The Bertz CT molecular complexity index is 391. The molecule has 0 aromatic heterocycles. The molecule has 2 N–H and O–H groups in total. The molecular formula is C13H16ClF2N. The highest BCUT2D eigenvalue weighted by Crippen LogP contribution is 2.40. The van der Waals surface area contributed by atoms with Crippen molar-refractivity contribution in [2.75, 3.05) is 6.54 Å². The number of rotatable bonds is 2. The van der Waals surface area contributed by atoms with Gasteiger partial charge in [0.25, 0.3) is 0 Å². The van der Waals surface area contributed by atoms with Gasteiger partial charge in [-0.2, -0.15) is 0 Å². The summed E-state index contributed by atoms with van der Waals surface area (Å²) in [5, 5.41) is -0.154. The average Bonchev–Trinajstić information content (AvgIpc) is 2.36. The molecule has 4 heteroatoms. The van der Waals surface area contributed by atoms with Crippen molar-refractivity contribution >= 4 is 11.6 Å². The second kappa shape index (κ2) is 4.91. The fourth-order valence-electron chi connectivity index (χ4n) is 2.70. The van der Waals surface area contributed by atoms with E-state index >= 15 is 0 Å². The van der Waals surface area contributed by atoms with E-state index < -0.39 is 11.6 Å². The largest absolute Gasteiger partial charge is 0.330 e. The van der Waals surface area contributed by atoms with Crippen LogP contribution < -0.4 is 5.73 Å². The van der Waals surface area contributed by atoms with Crippen LogP contribution in [0.4, 0.5) is 8.78 Å². The number of halogens is 3. The summed E-state index contributed by atoms with van der Waals surface area (Å²) in [5.41, 5.74) is 6.36. The van der Waals surface area contributed by atoms with Crippen LogP contribution in [0.5, 0.6) is 0 Å². The molecule has 1 saturated carbocycles. The van der Waals surface area contributed by atoms with Crippen molar-refractivity contribution < 1.29 is 8.78 Å². The lowest BCUT2D eigenvalue weighted by Crippen LogP contribution is -2.37. The molecule has 0 amide bonds. The molecular weight excluding hydrogens is 244 g/mol. The van der Waals surface area contributed by atoms with Gasteiger partial charge in [-0.05, 0) is 30.5 Å². The summed E-state index contributed by atoms with van der Waals surface area (Å²) >= 11 is 5.70. The standard InChI is InChI=1S/C13H16ClF2N/c14-10-6-9(7-11(15)12(10)16)13(8-17)4-2-1-3-5-13/h6-7H,1-5,8,17H2. The number of hydrogen-bond donors (Lipinski definition) is 1. The summed E-state index contributed by atoms with van der Waals surface area (Å²) in [5.74, 6) is -1.86. The molecule has 2 rings (SSSR count). The Kier molecular flexibility index (Phi) is 3.69. The van der Waals surface area contributed by atoms with Crippen molar-refractivity contribution in [3.63, 3.8) is 0 Å². The Morgan fingerprint density at radius 1 is 1.18 bits per heavy atom. The second-order valence-corrected chi connectivity index (χ2v) is 5.21. The molecule has 1 aliphatic carbocycles. The fraction of sp³-hybridized carbons (Fsp3) is 0.538. The van der Waals surface area contributed by atoms with Gasteiger partial charge in [-0.1, -0.05) is 30.9 Å². The molecule has 1 aromatic carbocycles. The van der Waals surface area contributed by atoms with Crippen LogP contribution in [0.2, 0.25) is 5.02 Å². The minimum absolute atomic E-state index is 0.154. The first-order valence-corrected chi connectivity index (χ1v) is 6.32. The highest BCUT2D eigenvalue weighted by Gasteiger charge is 2.33. The van der Waals surface area contributed by atoms with E-state index in [1.165, 1.54) is 18.6 Å². The lowest BCUT2D eigenvalue weighted by Gasteiger charge is -2.37. The lowest BCUT2D eigenvalue weighted by molar-refractivity contribution is 0.299. The first-order chi connectivity index (χ1) is 8.09. The first-order valence-electron chi connectivity index (χ1n) is 5.94. The molecule has 0 spiro atoms. The maximum absolute atomic E-state index is 13.4. The van der Waals surface area contributed by atoms with E-state index in [2.05, 4.69) is 0 Å². The zero-order valence-corrected chi connectivity index (χ0v) is 10.4. The van der Waals surface area contributed by atoms with Crippen LogP contribution >= 0.6 is 11.6 Å². The zero-order valence-electron chi connectivity index (χ0n) is 9.61. The van der Waals surface area contributed by atoms with E-state index in [1.807, 2.05) is 0 Å². The second-order valence-electron chi connectivity index (χ2n) is 4.80. The molecule has 0 heterocycles. The van der Waals surface area contributed by atoms with Gasteiger partial charge in [-0.3, -0.25) is 0 Å². The molecule has 0 saturated heterocycles.